The van der Waals surface area contributed by atoms with E-state index in [2.05, 4.69) is 5.32 Å². The van der Waals surface area contributed by atoms with Crippen molar-refractivity contribution in [2.75, 3.05) is 13.1 Å². The maximum Gasteiger partial charge on any atom is 0.417 e. The summed E-state index contributed by atoms with van der Waals surface area (Å²) < 4.78 is 37.0. The van der Waals surface area contributed by atoms with Crippen LogP contribution in [0.4, 0.5) is 13.2 Å². The zero-order valence-electron chi connectivity index (χ0n) is 6.36. The second-order valence-electron chi connectivity index (χ2n) is 3.61. The molecule has 0 aromatic heterocycles. The highest BCUT2D eigenvalue weighted by Crippen LogP contribution is 2.54. The second kappa shape index (κ2) is 2.14. The summed E-state index contributed by atoms with van der Waals surface area (Å²) in [4.78, 5) is 0. The van der Waals surface area contributed by atoms with Crippen molar-refractivity contribution in [2.45, 2.75) is 18.2 Å². The molecular formula is C7H10F3NO. The number of rotatable bonds is 0. The van der Waals surface area contributed by atoms with Gasteiger partial charge in [-0.15, -0.1) is 0 Å². The molecule has 2 N–H and O–H groups in total. The van der Waals surface area contributed by atoms with Gasteiger partial charge in [-0.25, -0.2) is 0 Å². The smallest absolute Gasteiger partial charge is 0.380 e. The predicted molar refractivity (Wildman–Crippen MR) is 35.5 cm³/mol. The normalized spacial score (nSPS) is 47.0. The monoisotopic (exact) mass is 181 g/mol. The molecule has 2 nitrogen and oxygen atoms in total. The predicted octanol–water partition coefficient (Wildman–Crippen LogP) is 0.519. The Kier molecular flexibility index (Phi) is 1.48. The van der Waals surface area contributed by atoms with E-state index in [4.69, 9.17) is 0 Å². The fourth-order valence-electron chi connectivity index (χ4n) is 2.25. The number of halogens is 3. The van der Waals surface area contributed by atoms with E-state index >= 15 is 0 Å². The standard InChI is InChI=1S/C7H10F3NO/c8-7(9,10)6(12)4-1-5(6)3-11-2-4/h4-5,11-12H,1-3H2. The summed E-state index contributed by atoms with van der Waals surface area (Å²) in [5.74, 6) is -1.26. The van der Waals surface area contributed by atoms with Crippen molar-refractivity contribution in [1.29, 1.82) is 0 Å². The molecule has 0 spiro atoms. The van der Waals surface area contributed by atoms with Crippen LogP contribution in [0.1, 0.15) is 6.42 Å². The van der Waals surface area contributed by atoms with Gasteiger partial charge in [0.15, 0.2) is 5.60 Å². The lowest BCUT2D eigenvalue weighted by Gasteiger charge is -2.56. The molecule has 2 bridgehead atoms. The van der Waals surface area contributed by atoms with Crippen LogP contribution < -0.4 is 5.32 Å². The molecule has 12 heavy (non-hydrogen) atoms. The third kappa shape index (κ3) is 0.781. The molecule has 3 fully saturated rings. The lowest BCUT2D eigenvalue weighted by molar-refractivity contribution is -0.341. The van der Waals surface area contributed by atoms with Gasteiger partial charge in [-0.2, -0.15) is 13.2 Å². The fraction of sp³-hybridized carbons (Fsp3) is 1.00. The lowest BCUT2D eigenvalue weighted by Crippen LogP contribution is -2.72. The largest absolute Gasteiger partial charge is 0.417 e. The molecule has 0 aromatic carbocycles. The highest BCUT2D eigenvalue weighted by atomic mass is 19.4. The first-order valence-electron chi connectivity index (χ1n) is 3.96. The summed E-state index contributed by atoms with van der Waals surface area (Å²) in [6.45, 7) is 0.568. The minimum absolute atomic E-state index is 0.284. The maximum absolute atomic E-state index is 12.3. The highest BCUT2D eigenvalue weighted by molar-refractivity contribution is 5.11. The number of aliphatic hydroxyl groups is 1. The lowest BCUT2D eigenvalue weighted by atomic mass is 9.58. The number of piperidine rings is 2. The zero-order chi connectivity index (χ0) is 8.98. The molecule has 2 aliphatic heterocycles. The number of hydrogen-bond acceptors (Lipinski definition) is 2. The van der Waals surface area contributed by atoms with Crippen LogP contribution in [-0.2, 0) is 0 Å². The Morgan fingerprint density at radius 3 is 2.00 bits per heavy atom. The van der Waals surface area contributed by atoms with Crippen LogP contribution in [0.15, 0.2) is 0 Å². The Morgan fingerprint density at radius 1 is 1.25 bits per heavy atom. The van der Waals surface area contributed by atoms with Gasteiger partial charge in [0.25, 0.3) is 0 Å². The van der Waals surface area contributed by atoms with Crippen LogP contribution in [-0.4, -0.2) is 30.0 Å². The van der Waals surface area contributed by atoms with Crippen molar-refractivity contribution in [2.24, 2.45) is 11.8 Å². The van der Waals surface area contributed by atoms with Crippen molar-refractivity contribution in [3.8, 4) is 0 Å². The van der Waals surface area contributed by atoms with Crippen LogP contribution in [0.3, 0.4) is 0 Å². The van der Waals surface area contributed by atoms with E-state index in [1.807, 2.05) is 0 Å². The Balaban J connectivity index is 2.22. The molecule has 70 valence electrons. The molecular weight excluding hydrogens is 171 g/mol. The molecule has 3 rings (SSSR count). The summed E-state index contributed by atoms with van der Waals surface area (Å²) >= 11 is 0. The number of alkyl halides is 3. The Bertz CT molecular complexity index is 189. The number of nitrogens with one attached hydrogen (secondary N) is 1. The zero-order valence-corrected chi connectivity index (χ0v) is 6.36. The summed E-state index contributed by atoms with van der Waals surface area (Å²) in [6.07, 6.45) is -3.95. The summed E-state index contributed by atoms with van der Waals surface area (Å²) in [6, 6.07) is 0. The van der Waals surface area contributed by atoms with Crippen LogP contribution in [0.5, 0.6) is 0 Å². The van der Waals surface area contributed by atoms with Crippen molar-refractivity contribution in [1.82, 2.24) is 5.32 Å². The molecule has 3 aliphatic rings. The number of fused-ring (bicyclic) bond motifs is 2. The molecule has 1 aliphatic carbocycles. The third-order valence-corrected chi connectivity index (χ3v) is 3.05. The van der Waals surface area contributed by atoms with Crippen LogP contribution in [0.2, 0.25) is 0 Å². The van der Waals surface area contributed by atoms with E-state index in [0.717, 1.165) is 0 Å². The Hall–Kier alpha value is -0.290. The summed E-state index contributed by atoms with van der Waals surface area (Å²) in [5, 5.41) is 12.2. The highest BCUT2D eigenvalue weighted by Gasteiger charge is 2.70. The average Bonchev–Trinajstić information content (AvgIpc) is 2.02. The van der Waals surface area contributed by atoms with E-state index in [1.165, 1.54) is 0 Å². The topological polar surface area (TPSA) is 32.3 Å². The van der Waals surface area contributed by atoms with E-state index in [1.54, 1.807) is 0 Å². The van der Waals surface area contributed by atoms with Gasteiger partial charge in [-0.3, -0.25) is 0 Å². The van der Waals surface area contributed by atoms with Crippen molar-refractivity contribution < 1.29 is 18.3 Å². The first-order chi connectivity index (χ1) is 5.46. The first-order valence-corrected chi connectivity index (χ1v) is 3.96. The molecule has 2 saturated heterocycles. The molecule has 1 saturated carbocycles. The van der Waals surface area contributed by atoms with E-state index in [0.29, 0.717) is 6.42 Å². The van der Waals surface area contributed by atoms with Gasteiger partial charge in [-0.1, -0.05) is 0 Å². The molecule has 0 amide bonds. The molecule has 2 atom stereocenters. The van der Waals surface area contributed by atoms with Crippen LogP contribution in [0.25, 0.3) is 0 Å². The minimum Gasteiger partial charge on any atom is -0.380 e. The van der Waals surface area contributed by atoms with Gasteiger partial charge in [0, 0.05) is 24.9 Å². The first kappa shape index (κ1) is 8.31. The molecule has 5 heteroatoms. The minimum atomic E-state index is -4.46. The van der Waals surface area contributed by atoms with Crippen molar-refractivity contribution in [3.05, 3.63) is 0 Å². The quantitative estimate of drug-likeness (QED) is 0.571. The van der Waals surface area contributed by atoms with Crippen molar-refractivity contribution >= 4 is 0 Å². The second-order valence-corrected chi connectivity index (χ2v) is 3.61. The van der Waals surface area contributed by atoms with Gasteiger partial charge in [0.05, 0.1) is 0 Å². The van der Waals surface area contributed by atoms with Gasteiger partial charge in [0.1, 0.15) is 0 Å². The average molecular weight is 181 g/mol. The summed E-state index contributed by atoms with van der Waals surface area (Å²) in [7, 11) is 0. The van der Waals surface area contributed by atoms with E-state index in [-0.39, 0.29) is 13.1 Å². The van der Waals surface area contributed by atoms with Gasteiger partial charge in [-0.05, 0) is 6.42 Å². The van der Waals surface area contributed by atoms with Crippen molar-refractivity contribution in [3.63, 3.8) is 0 Å². The van der Waals surface area contributed by atoms with Crippen LogP contribution in [0, 0.1) is 11.8 Å². The van der Waals surface area contributed by atoms with Crippen LogP contribution >= 0.6 is 0 Å². The Morgan fingerprint density at radius 2 is 1.75 bits per heavy atom. The number of hydrogen-bond donors (Lipinski definition) is 2. The molecule has 0 aromatic rings. The van der Waals surface area contributed by atoms with Gasteiger partial charge >= 0.3 is 6.18 Å². The van der Waals surface area contributed by atoms with E-state index < -0.39 is 23.6 Å². The molecule has 2 unspecified atom stereocenters. The fourth-order valence-corrected chi connectivity index (χ4v) is 2.25. The molecule has 0 radical (unpaired) electrons. The SMILES string of the molecule is OC1(C(F)(F)F)C2CNCC1C2. The van der Waals surface area contributed by atoms with Gasteiger partial charge < -0.3 is 10.4 Å². The molecule has 2 heterocycles. The van der Waals surface area contributed by atoms with E-state index in [9.17, 15) is 18.3 Å². The maximum atomic E-state index is 12.3. The summed E-state index contributed by atoms with van der Waals surface area (Å²) in [5.41, 5.74) is -2.39. The Labute approximate surface area is 67.8 Å². The van der Waals surface area contributed by atoms with Gasteiger partial charge in [0.2, 0.25) is 0 Å². The third-order valence-electron chi connectivity index (χ3n) is 3.05.